The number of hydrogen-bond acceptors (Lipinski definition) is 6. The summed E-state index contributed by atoms with van der Waals surface area (Å²) in [7, 11) is 1.61. The molecular weight excluding hydrogens is 462 g/mol. The molecule has 0 aliphatic carbocycles. The first kappa shape index (κ1) is 24.4. The Morgan fingerprint density at radius 1 is 1.11 bits per heavy atom. The molecule has 0 bridgehead atoms. The maximum absolute atomic E-state index is 13.2. The van der Waals surface area contributed by atoms with Crippen LogP contribution in [0.1, 0.15) is 45.6 Å². The van der Waals surface area contributed by atoms with Crippen molar-refractivity contribution in [3.63, 3.8) is 0 Å². The van der Waals surface area contributed by atoms with E-state index in [-0.39, 0.29) is 24.4 Å². The fourth-order valence-corrected chi connectivity index (χ4v) is 4.80. The van der Waals surface area contributed by atoms with Crippen LogP contribution in [0.3, 0.4) is 0 Å². The van der Waals surface area contributed by atoms with Crippen molar-refractivity contribution in [2.24, 2.45) is 0 Å². The van der Waals surface area contributed by atoms with E-state index in [1.54, 1.807) is 30.7 Å². The summed E-state index contributed by atoms with van der Waals surface area (Å²) >= 11 is 1.69. The van der Waals surface area contributed by atoms with Gasteiger partial charge >= 0.3 is 0 Å². The van der Waals surface area contributed by atoms with Crippen molar-refractivity contribution in [2.45, 2.75) is 40.3 Å². The van der Waals surface area contributed by atoms with Crippen molar-refractivity contribution in [2.75, 3.05) is 13.7 Å². The van der Waals surface area contributed by atoms with Gasteiger partial charge in [-0.15, -0.1) is 11.3 Å². The van der Waals surface area contributed by atoms with Gasteiger partial charge in [0.05, 0.1) is 36.5 Å². The van der Waals surface area contributed by atoms with E-state index in [0.29, 0.717) is 23.1 Å². The molecule has 4 aromatic rings. The van der Waals surface area contributed by atoms with Crippen LogP contribution < -0.4 is 15.4 Å². The second-order valence-corrected chi connectivity index (χ2v) is 10.1. The molecule has 0 unspecified atom stereocenters. The summed E-state index contributed by atoms with van der Waals surface area (Å²) in [5.41, 5.74) is 3.75. The molecule has 0 fully saturated rings. The zero-order chi connectivity index (χ0) is 25.1. The topological polar surface area (TPSA) is 98.1 Å². The molecular formula is C26H29N5O3S. The standard InChI is InChI=1S/C26H29N5O3S/c1-15(2)31-25-22(13-29-31)21(11-23(30-25)20-10-16(3)35-17(20)4)26(33)28-14-24(32)27-12-18-6-8-19(34-5)9-7-18/h6-11,13,15H,12,14H2,1-5H3,(H,27,32)(H,28,33). The Balaban J connectivity index is 1.53. The average molecular weight is 492 g/mol. The number of pyridine rings is 1. The number of carbonyl (C=O) groups excluding carboxylic acids is 2. The fourth-order valence-electron chi connectivity index (χ4n) is 3.87. The molecule has 9 heteroatoms. The minimum absolute atomic E-state index is 0.0835. The van der Waals surface area contributed by atoms with Gasteiger partial charge in [0.25, 0.3) is 5.91 Å². The highest BCUT2D eigenvalue weighted by Gasteiger charge is 2.20. The number of methoxy groups -OCH3 is 1. The van der Waals surface area contributed by atoms with E-state index in [1.807, 2.05) is 49.7 Å². The summed E-state index contributed by atoms with van der Waals surface area (Å²) in [5.74, 6) is 0.136. The van der Waals surface area contributed by atoms with Crippen molar-refractivity contribution in [3.05, 3.63) is 63.5 Å². The molecule has 0 radical (unpaired) electrons. The third kappa shape index (κ3) is 5.35. The van der Waals surface area contributed by atoms with Gasteiger partial charge in [-0.1, -0.05) is 12.1 Å². The van der Waals surface area contributed by atoms with E-state index >= 15 is 0 Å². The third-order valence-electron chi connectivity index (χ3n) is 5.68. The van der Waals surface area contributed by atoms with E-state index in [2.05, 4.69) is 28.7 Å². The predicted octanol–water partition coefficient (Wildman–Crippen LogP) is 4.41. The highest BCUT2D eigenvalue weighted by Crippen LogP contribution is 2.32. The Hall–Kier alpha value is -3.72. The number of hydrogen-bond donors (Lipinski definition) is 2. The van der Waals surface area contributed by atoms with Crippen LogP contribution in [-0.2, 0) is 11.3 Å². The Bertz CT molecular complexity index is 1370. The maximum Gasteiger partial charge on any atom is 0.252 e. The highest BCUT2D eigenvalue weighted by molar-refractivity contribution is 7.12. The van der Waals surface area contributed by atoms with Crippen LogP contribution in [0.4, 0.5) is 0 Å². The number of fused-ring (bicyclic) bond motifs is 1. The Morgan fingerprint density at radius 3 is 2.49 bits per heavy atom. The van der Waals surface area contributed by atoms with Crippen LogP contribution in [-0.4, -0.2) is 40.2 Å². The summed E-state index contributed by atoms with van der Waals surface area (Å²) in [6.45, 7) is 8.37. The normalized spacial score (nSPS) is 11.1. The first-order valence-corrected chi connectivity index (χ1v) is 12.2. The van der Waals surface area contributed by atoms with Crippen LogP contribution in [0.15, 0.2) is 42.6 Å². The summed E-state index contributed by atoms with van der Waals surface area (Å²) in [6.07, 6.45) is 1.66. The lowest BCUT2D eigenvalue weighted by Crippen LogP contribution is -2.36. The molecule has 0 aliphatic rings. The van der Waals surface area contributed by atoms with Gasteiger partial charge in [-0.05, 0) is 57.5 Å². The molecule has 1 aromatic carbocycles. The molecule has 0 atom stereocenters. The van der Waals surface area contributed by atoms with Gasteiger partial charge in [-0.25, -0.2) is 9.67 Å². The SMILES string of the molecule is COc1ccc(CNC(=O)CNC(=O)c2cc(-c3cc(C)sc3C)nc3c2cnn3C(C)C)cc1. The Morgan fingerprint density at radius 2 is 1.86 bits per heavy atom. The molecule has 0 saturated heterocycles. The van der Waals surface area contributed by atoms with Crippen molar-refractivity contribution < 1.29 is 14.3 Å². The van der Waals surface area contributed by atoms with E-state index in [0.717, 1.165) is 27.4 Å². The molecule has 35 heavy (non-hydrogen) atoms. The average Bonchev–Trinajstić information content (AvgIpc) is 3.43. The molecule has 2 N–H and O–H groups in total. The number of amides is 2. The van der Waals surface area contributed by atoms with Gasteiger partial charge < -0.3 is 15.4 Å². The first-order chi connectivity index (χ1) is 16.8. The van der Waals surface area contributed by atoms with E-state index < -0.39 is 0 Å². The lowest BCUT2D eigenvalue weighted by molar-refractivity contribution is -0.120. The second-order valence-electron chi connectivity index (χ2n) is 8.61. The van der Waals surface area contributed by atoms with Crippen molar-refractivity contribution in [1.82, 2.24) is 25.4 Å². The number of ether oxygens (including phenoxy) is 1. The van der Waals surface area contributed by atoms with Gasteiger partial charge in [0.15, 0.2) is 5.65 Å². The number of aryl methyl sites for hydroxylation is 2. The Kier molecular flexibility index (Phi) is 7.16. The maximum atomic E-state index is 13.2. The zero-order valence-electron chi connectivity index (χ0n) is 20.5. The van der Waals surface area contributed by atoms with Gasteiger partial charge in [0.2, 0.25) is 5.91 Å². The quantitative estimate of drug-likeness (QED) is 0.380. The zero-order valence-corrected chi connectivity index (χ0v) is 21.3. The van der Waals surface area contributed by atoms with Gasteiger partial charge in [0, 0.05) is 27.9 Å². The van der Waals surface area contributed by atoms with E-state index in [1.165, 1.54) is 4.88 Å². The largest absolute Gasteiger partial charge is 0.497 e. The summed E-state index contributed by atoms with van der Waals surface area (Å²) in [5, 5.41) is 10.7. The van der Waals surface area contributed by atoms with E-state index in [9.17, 15) is 9.59 Å². The molecule has 182 valence electrons. The van der Waals surface area contributed by atoms with Gasteiger partial charge in [-0.2, -0.15) is 5.10 Å². The third-order valence-corrected chi connectivity index (χ3v) is 6.64. The molecule has 4 rings (SSSR count). The lowest BCUT2D eigenvalue weighted by atomic mass is 10.1. The molecule has 3 heterocycles. The summed E-state index contributed by atoms with van der Waals surface area (Å²) < 4.78 is 6.96. The number of nitrogens with one attached hydrogen (secondary N) is 2. The number of thiophene rings is 1. The monoisotopic (exact) mass is 491 g/mol. The molecule has 8 nitrogen and oxygen atoms in total. The van der Waals surface area contributed by atoms with Gasteiger partial charge in [0.1, 0.15) is 5.75 Å². The molecule has 3 aromatic heterocycles. The second kappa shape index (κ2) is 10.3. The first-order valence-electron chi connectivity index (χ1n) is 11.4. The lowest BCUT2D eigenvalue weighted by Gasteiger charge is -2.11. The van der Waals surface area contributed by atoms with Crippen LogP contribution in [0, 0.1) is 13.8 Å². The summed E-state index contributed by atoms with van der Waals surface area (Å²) in [4.78, 5) is 32.7. The van der Waals surface area contributed by atoms with Crippen LogP contribution in [0.2, 0.25) is 0 Å². The minimum Gasteiger partial charge on any atom is -0.497 e. The van der Waals surface area contributed by atoms with Crippen LogP contribution in [0.25, 0.3) is 22.3 Å². The fraction of sp³-hybridized carbons (Fsp3) is 0.308. The van der Waals surface area contributed by atoms with Crippen molar-refractivity contribution in [3.8, 4) is 17.0 Å². The minimum atomic E-state index is -0.342. The smallest absolute Gasteiger partial charge is 0.252 e. The van der Waals surface area contributed by atoms with Crippen LogP contribution in [0.5, 0.6) is 5.75 Å². The van der Waals surface area contributed by atoms with Crippen molar-refractivity contribution >= 4 is 34.2 Å². The number of benzene rings is 1. The number of rotatable bonds is 8. The predicted molar refractivity (Wildman–Crippen MR) is 138 cm³/mol. The Labute approximate surface area is 208 Å². The molecule has 0 spiro atoms. The number of aromatic nitrogens is 3. The number of nitrogens with zero attached hydrogens (tertiary/aromatic N) is 3. The highest BCUT2D eigenvalue weighted by atomic mass is 32.1. The molecule has 0 aliphatic heterocycles. The molecule has 0 saturated carbocycles. The number of carbonyl (C=O) groups is 2. The van der Waals surface area contributed by atoms with Gasteiger partial charge in [-0.3, -0.25) is 9.59 Å². The summed E-state index contributed by atoms with van der Waals surface area (Å²) in [6, 6.07) is 11.4. The van der Waals surface area contributed by atoms with Crippen molar-refractivity contribution in [1.29, 1.82) is 0 Å². The molecule has 2 amide bonds. The van der Waals surface area contributed by atoms with Crippen LogP contribution >= 0.6 is 11.3 Å². The van der Waals surface area contributed by atoms with E-state index in [4.69, 9.17) is 9.72 Å².